The minimum absolute atomic E-state index is 0.0694. The van der Waals surface area contributed by atoms with Crippen LogP contribution in [0.25, 0.3) is 0 Å². The Labute approximate surface area is 61.5 Å². The first-order chi connectivity index (χ1) is 4.72. The van der Waals surface area contributed by atoms with Crippen LogP contribution in [0.3, 0.4) is 0 Å². The van der Waals surface area contributed by atoms with Gasteiger partial charge < -0.3 is 0 Å². The van der Waals surface area contributed by atoms with Crippen LogP contribution in [0, 0.1) is 11.3 Å². The Balaban J connectivity index is 0. The summed E-state index contributed by atoms with van der Waals surface area (Å²) >= 11 is 0. The number of nitrogens with zero attached hydrogens (tertiary/aromatic N) is 1. The summed E-state index contributed by atoms with van der Waals surface area (Å²) in [6, 6.07) is 1.65. The standard InChI is InChI=1S/C6H6FN.C2H6/c1-3-6(7)5(2)4-8;1-2/h3H,1H2,2H3;1-2H3/b6-5-;. The third-order valence-corrected chi connectivity index (χ3v) is 0.705. The summed E-state index contributed by atoms with van der Waals surface area (Å²) < 4.78 is 12.1. The maximum atomic E-state index is 12.1. The molecule has 0 aliphatic carbocycles. The van der Waals surface area contributed by atoms with Gasteiger partial charge in [0.1, 0.15) is 5.83 Å². The maximum Gasteiger partial charge on any atom is 0.135 e. The zero-order valence-corrected chi connectivity index (χ0v) is 6.61. The normalized spacial score (nSPS) is 9.90. The quantitative estimate of drug-likeness (QED) is 0.407. The van der Waals surface area contributed by atoms with Crippen LogP contribution >= 0.6 is 0 Å². The second kappa shape index (κ2) is 7.90. The number of rotatable bonds is 1. The molecule has 0 bridgehead atoms. The van der Waals surface area contributed by atoms with E-state index in [2.05, 4.69) is 6.58 Å². The minimum atomic E-state index is -0.549. The van der Waals surface area contributed by atoms with Crippen molar-refractivity contribution >= 4 is 0 Å². The fraction of sp³-hybridized carbons (Fsp3) is 0.375. The van der Waals surface area contributed by atoms with Gasteiger partial charge in [0.05, 0.1) is 11.6 Å². The third kappa shape index (κ3) is 5.04. The van der Waals surface area contributed by atoms with Gasteiger partial charge >= 0.3 is 0 Å². The minimum Gasteiger partial charge on any atom is -0.206 e. The van der Waals surface area contributed by atoms with Gasteiger partial charge in [-0.1, -0.05) is 20.4 Å². The molecule has 2 heteroatoms. The van der Waals surface area contributed by atoms with E-state index in [1.807, 2.05) is 13.8 Å². The summed E-state index contributed by atoms with van der Waals surface area (Å²) in [4.78, 5) is 0. The molecule has 0 rings (SSSR count). The summed E-state index contributed by atoms with van der Waals surface area (Å²) in [5.41, 5.74) is 0.0694. The first-order valence-corrected chi connectivity index (χ1v) is 3.11. The predicted octanol–water partition coefficient (Wildman–Crippen LogP) is 2.97. The van der Waals surface area contributed by atoms with Crippen LogP contribution in [0.1, 0.15) is 20.8 Å². The summed E-state index contributed by atoms with van der Waals surface area (Å²) in [7, 11) is 0. The Morgan fingerprint density at radius 2 is 2.00 bits per heavy atom. The van der Waals surface area contributed by atoms with Crippen molar-refractivity contribution < 1.29 is 4.39 Å². The van der Waals surface area contributed by atoms with Crippen molar-refractivity contribution in [2.75, 3.05) is 0 Å². The molecule has 0 saturated heterocycles. The highest BCUT2D eigenvalue weighted by Crippen LogP contribution is 2.03. The molecule has 0 saturated carbocycles. The highest BCUT2D eigenvalue weighted by atomic mass is 19.1. The monoisotopic (exact) mass is 141 g/mol. The van der Waals surface area contributed by atoms with Crippen molar-refractivity contribution in [1.82, 2.24) is 0 Å². The average Bonchev–Trinajstić information content (AvgIpc) is 2.05. The predicted molar refractivity (Wildman–Crippen MR) is 41.0 cm³/mol. The highest BCUT2D eigenvalue weighted by molar-refractivity contribution is 5.27. The Bertz CT molecular complexity index is 163. The van der Waals surface area contributed by atoms with Gasteiger partial charge in [0.15, 0.2) is 0 Å². The molecule has 0 aromatic heterocycles. The molecule has 0 N–H and O–H groups in total. The first-order valence-electron chi connectivity index (χ1n) is 3.11. The smallest absolute Gasteiger partial charge is 0.135 e. The molecule has 0 spiro atoms. The van der Waals surface area contributed by atoms with E-state index >= 15 is 0 Å². The second-order valence-corrected chi connectivity index (χ2v) is 1.29. The molecule has 0 amide bonds. The maximum absolute atomic E-state index is 12.1. The van der Waals surface area contributed by atoms with Crippen LogP contribution in [0.2, 0.25) is 0 Å². The highest BCUT2D eigenvalue weighted by Gasteiger charge is 1.91. The zero-order valence-electron chi connectivity index (χ0n) is 6.61. The average molecular weight is 141 g/mol. The summed E-state index contributed by atoms with van der Waals surface area (Å²) in [5.74, 6) is -0.549. The molecule has 56 valence electrons. The molecular formula is C8H12FN. The van der Waals surface area contributed by atoms with E-state index in [0.29, 0.717) is 0 Å². The molecule has 10 heavy (non-hydrogen) atoms. The van der Waals surface area contributed by atoms with Gasteiger partial charge in [-0.3, -0.25) is 0 Å². The van der Waals surface area contributed by atoms with Crippen LogP contribution in [0.5, 0.6) is 0 Å². The molecule has 1 nitrogen and oxygen atoms in total. The van der Waals surface area contributed by atoms with Crippen LogP contribution in [-0.4, -0.2) is 0 Å². The van der Waals surface area contributed by atoms with Gasteiger partial charge in [-0.2, -0.15) is 5.26 Å². The van der Waals surface area contributed by atoms with Crippen molar-refractivity contribution in [1.29, 1.82) is 5.26 Å². The fourth-order valence-electron chi connectivity index (χ4n) is 0.206. The molecule has 0 fully saturated rings. The van der Waals surface area contributed by atoms with Crippen molar-refractivity contribution in [2.45, 2.75) is 20.8 Å². The van der Waals surface area contributed by atoms with Crippen LogP contribution in [0.15, 0.2) is 24.1 Å². The van der Waals surface area contributed by atoms with Crippen LogP contribution in [0.4, 0.5) is 4.39 Å². The lowest BCUT2D eigenvalue weighted by atomic mass is 10.3. The summed E-state index contributed by atoms with van der Waals surface area (Å²) in [6.45, 7) is 8.55. The topological polar surface area (TPSA) is 23.8 Å². The lowest BCUT2D eigenvalue weighted by molar-refractivity contribution is 0.659. The third-order valence-electron chi connectivity index (χ3n) is 0.705. The Morgan fingerprint density at radius 1 is 1.60 bits per heavy atom. The molecule has 0 aliphatic heterocycles. The number of halogens is 1. The lowest BCUT2D eigenvalue weighted by Gasteiger charge is -1.82. The van der Waals surface area contributed by atoms with E-state index in [0.717, 1.165) is 6.08 Å². The van der Waals surface area contributed by atoms with E-state index in [-0.39, 0.29) is 5.57 Å². The van der Waals surface area contributed by atoms with E-state index in [1.165, 1.54) is 6.92 Å². The van der Waals surface area contributed by atoms with E-state index < -0.39 is 5.83 Å². The zero-order chi connectivity index (χ0) is 8.57. The molecule has 0 atom stereocenters. The second-order valence-electron chi connectivity index (χ2n) is 1.29. The van der Waals surface area contributed by atoms with Crippen LogP contribution < -0.4 is 0 Å². The summed E-state index contributed by atoms with van der Waals surface area (Å²) in [5, 5.41) is 8.04. The molecule has 0 unspecified atom stereocenters. The molecule has 0 radical (unpaired) electrons. The Morgan fingerprint density at radius 3 is 2.10 bits per heavy atom. The van der Waals surface area contributed by atoms with Crippen molar-refractivity contribution in [3.63, 3.8) is 0 Å². The number of allylic oxidation sites excluding steroid dienone is 3. The molecular weight excluding hydrogens is 129 g/mol. The summed E-state index contributed by atoms with van der Waals surface area (Å²) in [6.07, 6.45) is 1.01. The Hall–Kier alpha value is -1.10. The largest absolute Gasteiger partial charge is 0.206 e. The SMILES string of the molecule is C=C/C(F)=C(\C)C#N.CC. The van der Waals surface area contributed by atoms with E-state index in [9.17, 15) is 4.39 Å². The van der Waals surface area contributed by atoms with Crippen LogP contribution in [-0.2, 0) is 0 Å². The number of nitriles is 1. The first kappa shape index (κ1) is 11.7. The van der Waals surface area contributed by atoms with Crippen molar-refractivity contribution in [3.8, 4) is 6.07 Å². The van der Waals surface area contributed by atoms with E-state index in [1.54, 1.807) is 6.07 Å². The molecule has 0 heterocycles. The van der Waals surface area contributed by atoms with Gasteiger partial charge in [-0.15, -0.1) is 0 Å². The van der Waals surface area contributed by atoms with Gasteiger partial charge in [0.25, 0.3) is 0 Å². The van der Waals surface area contributed by atoms with Gasteiger partial charge in [0, 0.05) is 0 Å². The molecule has 0 aliphatic rings. The van der Waals surface area contributed by atoms with Gasteiger partial charge in [-0.25, -0.2) is 4.39 Å². The number of hydrogen-bond donors (Lipinski definition) is 0. The lowest BCUT2D eigenvalue weighted by Crippen LogP contribution is -1.70. The van der Waals surface area contributed by atoms with Crippen molar-refractivity contribution in [3.05, 3.63) is 24.1 Å². The van der Waals surface area contributed by atoms with Crippen molar-refractivity contribution in [2.24, 2.45) is 0 Å². The van der Waals surface area contributed by atoms with Gasteiger partial charge in [0.2, 0.25) is 0 Å². The van der Waals surface area contributed by atoms with Gasteiger partial charge in [-0.05, 0) is 13.0 Å². The molecule has 0 aromatic rings. The number of hydrogen-bond acceptors (Lipinski definition) is 1. The fourth-order valence-corrected chi connectivity index (χ4v) is 0.206. The van der Waals surface area contributed by atoms with E-state index in [4.69, 9.17) is 5.26 Å². The molecule has 0 aromatic carbocycles. The Kier molecular flexibility index (Phi) is 9.22.